The van der Waals surface area contributed by atoms with E-state index < -0.39 is 16.1 Å². The fourth-order valence-corrected chi connectivity index (χ4v) is 5.09. The molecule has 0 saturated carbocycles. The number of amides is 2. The zero-order valence-electron chi connectivity index (χ0n) is 22.0. The number of sulfonamides is 1. The van der Waals surface area contributed by atoms with Crippen LogP contribution in [0.1, 0.15) is 50.3 Å². The fourth-order valence-electron chi connectivity index (χ4n) is 3.81. The number of hydrogen-bond acceptors (Lipinski definition) is 4. The van der Waals surface area contributed by atoms with Crippen molar-refractivity contribution in [2.75, 3.05) is 23.7 Å². The lowest BCUT2D eigenvalue weighted by Gasteiger charge is -2.30. The maximum Gasteiger partial charge on any atom is 0.242 e. The van der Waals surface area contributed by atoms with E-state index in [1.54, 1.807) is 17.9 Å². The van der Waals surface area contributed by atoms with Crippen LogP contribution in [0, 0.1) is 19.8 Å². The van der Waals surface area contributed by atoms with Crippen LogP contribution in [0.4, 0.5) is 5.69 Å². The second-order valence-corrected chi connectivity index (χ2v) is 12.4. The molecule has 0 bridgehead atoms. The summed E-state index contributed by atoms with van der Waals surface area (Å²) in [5, 5.41) is 2.91. The summed E-state index contributed by atoms with van der Waals surface area (Å²) in [5.74, 6) is -0.106. The van der Waals surface area contributed by atoms with E-state index in [4.69, 9.17) is 0 Å². The molecule has 1 N–H and O–H groups in total. The molecule has 0 saturated heterocycles. The van der Waals surface area contributed by atoms with E-state index in [1.807, 2.05) is 64.1 Å². The number of hydrogen-bond donors (Lipinski definition) is 1. The zero-order valence-corrected chi connectivity index (χ0v) is 24.4. The molecular weight excluding hydrogens is 542 g/mol. The number of benzene rings is 2. The number of anilines is 1. The Labute approximate surface area is 224 Å². The topological polar surface area (TPSA) is 86.8 Å². The van der Waals surface area contributed by atoms with Crippen LogP contribution in [-0.4, -0.2) is 50.5 Å². The minimum absolute atomic E-state index is 0.120. The van der Waals surface area contributed by atoms with Gasteiger partial charge in [0.05, 0.1) is 11.9 Å². The number of nitrogens with one attached hydrogen (secondary N) is 1. The van der Waals surface area contributed by atoms with Gasteiger partial charge in [-0.15, -0.1) is 0 Å². The van der Waals surface area contributed by atoms with Crippen LogP contribution >= 0.6 is 15.9 Å². The monoisotopic (exact) mass is 579 g/mol. The second kappa shape index (κ2) is 13.2. The minimum atomic E-state index is -3.53. The van der Waals surface area contributed by atoms with Gasteiger partial charge in [-0.2, -0.15) is 0 Å². The third kappa shape index (κ3) is 8.62. The number of aryl methyl sites for hydroxylation is 1. The van der Waals surface area contributed by atoms with E-state index in [-0.39, 0.29) is 31.3 Å². The Morgan fingerprint density at radius 3 is 2.25 bits per heavy atom. The van der Waals surface area contributed by atoms with Gasteiger partial charge in [-0.25, -0.2) is 8.42 Å². The number of nitrogens with zero attached hydrogens (tertiary/aromatic N) is 2. The highest BCUT2D eigenvalue weighted by Gasteiger charge is 2.27. The SMILES string of the molecule is Cc1cccc(N(CCCC(=O)N(Cc2ccc(Br)cc2)C(C)C(=O)NCC(C)C)S(C)(=O)=O)c1C. The summed E-state index contributed by atoms with van der Waals surface area (Å²) < 4.78 is 27.4. The Balaban J connectivity index is 2.19. The van der Waals surface area contributed by atoms with Crippen molar-refractivity contribution >= 4 is 43.5 Å². The highest BCUT2D eigenvalue weighted by atomic mass is 79.9. The standard InChI is InChI=1S/C27H38BrN3O4S/c1-19(2)17-29-27(33)22(5)30(18-23-12-14-24(28)15-13-23)26(32)11-8-16-31(36(6,34)35)25-10-7-9-20(3)21(25)4/h7,9-10,12-15,19,22H,8,11,16-18H2,1-6H3,(H,29,33). The van der Waals surface area contributed by atoms with Crippen LogP contribution in [0.25, 0.3) is 0 Å². The molecule has 7 nitrogen and oxygen atoms in total. The Morgan fingerprint density at radius 1 is 1.03 bits per heavy atom. The van der Waals surface area contributed by atoms with Crippen LogP contribution in [0.5, 0.6) is 0 Å². The van der Waals surface area contributed by atoms with E-state index in [0.717, 1.165) is 21.2 Å². The third-order valence-corrected chi connectivity index (χ3v) is 7.82. The average molecular weight is 581 g/mol. The molecule has 0 radical (unpaired) electrons. The van der Waals surface area contributed by atoms with Gasteiger partial charge in [0.15, 0.2) is 0 Å². The number of carbonyl (C=O) groups excluding carboxylic acids is 2. The van der Waals surface area contributed by atoms with Gasteiger partial charge in [0.25, 0.3) is 0 Å². The molecule has 0 fully saturated rings. The van der Waals surface area contributed by atoms with Crippen molar-refractivity contribution in [2.45, 2.75) is 60.0 Å². The van der Waals surface area contributed by atoms with Crippen LogP contribution < -0.4 is 9.62 Å². The lowest BCUT2D eigenvalue weighted by Crippen LogP contribution is -2.48. The molecule has 2 aromatic carbocycles. The summed E-state index contributed by atoms with van der Waals surface area (Å²) in [7, 11) is -3.53. The summed E-state index contributed by atoms with van der Waals surface area (Å²) in [6, 6.07) is 12.5. The Bertz CT molecular complexity index is 1150. The van der Waals surface area contributed by atoms with E-state index in [2.05, 4.69) is 21.2 Å². The number of rotatable bonds is 12. The Kier molecular flexibility index (Phi) is 11.0. The summed E-state index contributed by atoms with van der Waals surface area (Å²) in [4.78, 5) is 27.7. The van der Waals surface area contributed by atoms with Gasteiger partial charge in [0.1, 0.15) is 6.04 Å². The van der Waals surface area contributed by atoms with Gasteiger partial charge in [0, 0.05) is 30.5 Å². The van der Waals surface area contributed by atoms with Crippen molar-refractivity contribution in [3.05, 3.63) is 63.6 Å². The van der Waals surface area contributed by atoms with E-state index in [9.17, 15) is 18.0 Å². The summed E-state index contributed by atoms with van der Waals surface area (Å²) in [6.45, 7) is 10.6. The third-order valence-electron chi connectivity index (χ3n) is 6.11. The van der Waals surface area contributed by atoms with Crippen LogP contribution in [0.15, 0.2) is 46.9 Å². The van der Waals surface area contributed by atoms with Crippen LogP contribution in [0.3, 0.4) is 0 Å². The van der Waals surface area contributed by atoms with Gasteiger partial charge >= 0.3 is 0 Å². The Morgan fingerprint density at radius 2 is 1.67 bits per heavy atom. The molecule has 0 aliphatic carbocycles. The van der Waals surface area contributed by atoms with Crippen molar-refractivity contribution in [2.24, 2.45) is 5.92 Å². The van der Waals surface area contributed by atoms with E-state index >= 15 is 0 Å². The number of halogens is 1. The first-order chi connectivity index (χ1) is 16.8. The normalized spacial score (nSPS) is 12.3. The smallest absolute Gasteiger partial charge is 0.242 e. The molecule has 1 atom stereocenters. The first-order valence-electron chi connectivity index (χ1n) is 12.2. The van der Waals surface area contributed by atoms with Crippen molar-refractivity contribution in [3.63, 3.8) is 0 Å². The molecule has 0 aliphatic rings. The molecule has 0 aromatic heterocycles. The Hall–Kier alpha value is -2.39. The highest BCUT2D eigenvalue weighted by Crippen LogP contribution is 2.25. The molecule has 0 heterocycles. The average Bonchev–Trinajstić information content (AvgIpc) is 2.80. The number of carbonyl (C=O) groups is 2. The first-order valence-corrected chi connectivity index (χ1v) is 14.8. The minimum Gasteiger partial charge on any atom is -0.354 e. The fraction of sp³-hybridized carbons (Fsp3) is 0.481. The summed E-state index contributed by atoms with van der Waals surface area (Å²) in [6.07, 6.45) is 1.63. The highest BCUT2D eigenvalue weighted by molar-refractivity contribution is 9.10. The molecule has 9 heteroatoms. The molecule has 36 heavy (non-hydrogen) atoms. The second-order valence-electron chi connectivity index (χ2n) is 9.62. The molecule has 198 valence electrons. The first kappa shape index (κ1) is 29.8. The predicted molar refractivity (Wildman–Crippen MR) is 149 cm³/mol. The molecule has 2 rings (SSSR count). The van der Waals surface area contributed by atoms with Crippen LogP contribution in [0.2, 0.25) is 0 Å². The molecule has 0 spiro atoms. The summed E-state index contributed by atoms with van der Waals surface area (Å²) >= 11 is 3.42. The van der Waals surface area contributed by atoms with E-state index in [0.29, 0.717) is 24.6 Å². The quantitative estimate of drug-likeness (QED) is 0.391. The molecule has 2 aromatic rings. The lowest BCUT2D eigenvalue weighted by atomic mass is 10.1. The molecule has 1 unspecified atom stereocenters. The maximum atomic E-state index is 13.4. The largest absolute Gasteiger partial charge is 0.354 e. The molecular formula is C27H38BrN3O4S. The van der Waals surface area contributed by atoms with Crippen molar-refractivity contribution in [3.8, 4) is 0 Å². The molecule has 0 aliphatic heterocycles. The maximum absolute atomic E-state index is 13.4. The van der Waals surface area contributed by atoms with Crippen molar-refractivity contribution in [1.29, 1.82) is 0 Å². The molecule has 2 amide bonds. The van der Waals surface area contributed by atoms with Gasteiger partial charge in [0.2, 0.25) is 21.8 Å². The predicted octanol–water partition coefficient (Wildman–Crippen LogP) is 4.80. The summed E-state index contributed by atoms with van der Waals surface area (Å²) in [5.41, 5.74) is 3.42. The van der Waals surface area contributed by atoms with E-state index in [1.165, 1.54) is 10.6 Å². The van der Waals surface area contributed by atoms with Gasteiger partial charge in [-0.05, 0) is 68.0 Å². The van der Waals surface area contributed by atoms with Gasteiger partial charge in [-0.1, -0.05) is 54.0 Å². The van der Waals surface area contributed by atoms with Gasteiger partial charge in [-0.3, -0.25) is 13.9 Å². The lowest BCUT2D eigenvalue weighted by molar-refractivity contribution is -0.140. The zero-order chi connectivity index (χ0) is 27.0. The van der Waals surface area contributed by atoms with Gasteiger partial charge < -0.3 is 10.2 Å². The van der Waals surface area contributed by atoms with Crippen molar-refractivity contribution in [1.82, 2.24) is 10.2 Å². The van der Waals surface area contributed by atoms with Crippen molar-refractivity contribution < 1.29 is 18.0 Å². The van der Waals surface area contributed by atoms with Crippen LogP contribution in [-0.2, 0) is 26.2 Å².